The van der Waals surface area contributed by atoms with Gasteiger partial charge in [0.15, 0.2) is 5.78 Å². The summed E-state index contributed by atoms with van der Waals surface area (Å²) in [4.78, 5) is 23.2. The molecule has 0 aromatic heterocycles. The van der Waals surface area contributed by atoms with Crippen molar-refractivity contribution in [2.24, 2.45) is 0 Å². The molecule has 2 aromatic rings. The molecule has 5 heteroatoms. The number of halogens is 1. The number of carboxylic acid groups (broad SMARTS) is 1. The number of hydrogen-bond acceptors (Lipinski definition) is 3. The zero-order chi connectivity index (χ0) is 15.4. The summed E-state index contributed by atoms with van der Waals surface area (Å²) in [7, 11) is 0. The minimum atomic E-state index is -1.18. The third kappa shape index (κ3) is 3.58. The highest BCUT2D eigenvalue weighted by Crippen LogP contribution is 2.18. The van der Waals surface area contributed by atoms with Crippen molar-refractivity contribution < 1.29 is 19.8 Å². The summed E-state index contributed by atoms with van der Waals surface area (Å²) in [5.41, 5.74) is 0.412. The van der Waals surface area contributed by atoms with Gasteiger partial charge in [-0.05, 0) is 18.2 Å². The fourth-order valence-corrected chi connectivity index (χ4v) is 2.05. The highest BCUT2D eigenvalue weighted by molar-refractivity contribution is 9.10. The van der Waals surface area contributed by atoms with E-state index < -0.39 is 11.8 Å². The molecular formula is C16H11BrO4. The molecule has 0 saturated carbocycles. The number of carbonyl (C=O) groups excluding carboxylic acids is 1. The molecule has 0 aliphatic rings. The number of aliphatic hydroxyl groups excluding tert-OH is 1. The Hall–Kier alpha value is -2.40. The molecule has 21 heavy (non-hydrogen) atoms. The van der Waals surface area contributed by atoms with Crippen LogP contribution in [0.5, 0.6) is 0 Å². The van der Waals surface area contributed by atoms with Crippen molar-refractivity contribution in [2.75, 3.05) is 0 Å². The Kier molecular flexibility index (Phi) is 4.55. The standard InChI is InChI=1S/C16H11BrO4/c17-11-7-5-10(6-8-11)14(18)9-15(19)12-3-1-2-4-13(12)16(20)21/h1-9,18H,(H,20,21)/b14-9-. The Morgan fingerprint density at radius 3 is 2.05 bits per heavy atom. The second kappa shape index (κ2) is 6.37. The predicted octanol–water partition coefficient (Wildman–Crippen LogP) is 3.93. The molecule has 106 valence electrons. The lowest BCUT2D eigenvalue weighted by Crippen LogP contribution is -2.07. The van der Waals surface area contributed by atoms with E-state index in [2.05, 4.69) is 15.9 Å². The molecule has 0 amide bonds. The van der Waals surface area contributed by atoms with E-state index in [0.717, 1.165) is 10.5 Å². The van der Waals surface area contributed by atoms with Gasteiger partial charge in [-0.2, -0.15) is 0 Å². The maximum atomic E-state index is 12.1. The summed E-state index contributed by atoms with van der Waals surface area (Å²) in [6.07, 6.45) is 1.02. The SMILES string of the molecule is O=C(O)c1ccccc1C(=O)/C=C(\O)c1ccc(Br)cc1. The topological polar surface area (TPSA) is 74.6 Å². The van der Waals surface area contributed by atoms with Crippen LogP contribution in [-0.4, -0.2) is 22.0 Å². The molecule has 0 aliphatic carbocycles. The van der Waals surface area contributed by atoms with E-state index in [1.54, 1.807) is 36.4 Å². The summed E-state index contributed by atoms with van der Waals surface area (Å²) in [6.45, 7) is 0. The number of carboxylic acids is 1. The molecule has 0 bridgehead atoms. The van der Waals surface area contributed by atoms with E-state index in [4.69, 9.17) is 5.11 Å². The van der Waals surface area contributed by atoms with Crippen LogP contribution in [0.4, 0.5) is 0 Å². The van der Waals surface area contributed by atoms with Crippen LogP contribution in [0.25, 0.3) is 5.76 Å². The molecular weight excluding hydrogens is 336 g/mol. The van der Waals surface area contributed by atoms with Gasteiger partial charge in [0.05, 0.1) is 5.56 Å². The zero-order valence-electron chi connectivity index (χ0n) is 10.8. The number of ketones is 1. The Labute approximate surface area is 129 Å². The van der Waals surface area contributed by atoms with Crippen molar-refractivity contribution >= 4 is 33.4 Å². The lowest BCUT2D eigenvalue weighted by molar-refractivity contribution is 0.0693. The van der Waals surface area contributed by atoms with Crippen LogP contribution >= 0.6 is 15.9 Å². The number of hydrogen-bond donors (Lipinski definition) is 2. The molecule has 2 rings (SSSR count). The third-order valence-electron chi connectivity index (χ3n) is 2.83. The van der Waals surface area contributed by atoms with Gasteiger partial charge in [0.1, 0.15) is 5.76 Å². The van der Waals surface area contributed by atoms with Gasteiger partial charge in [-0.15, -0.1) is 0 Å². The maximum Gasteiger partial charge on any atom is 0.336 e. The molecule has 0 aliphatic heterocycles. The van der Waals surface area contributed by atoms with Crippen LogP contribution in [0.1, 0.15) is 26.3 Å². The molecule has 0 saturated heterocycles. The summed E-state index contributed by atoms with van der Waals surface area (Å²) in [5.74, 6) is -1.96. The molecule has 0 radical (unpaired) electrons. The normalized spacial score (nSPS) is 11.2. The van der Waals surface area contributed by atoms with Crippen molar-refractivity contribution in [3.05, 3.63) is 75.8 Å². The van der Waals surface area contributed by atoms with Crippen LogP contribution in [0.2, 0.25) is 0 Å². The van der Waals surface area contributed by atoms with Crippen molar-refractivity contribution in [1.82, 2.24) is 0 Å². The quantitative estimate of drug-likeness (QED) is 0.499. The summed E-state index contributed by atoms with van der Waals surface area (Å²) in [6, 6.07) is 12.6. The molecule has 2 aromatic carbocycles. The zero-order valence-corrected chi connectivity index (χ0v) is 12.4. The average Bonchev–Trinajstić information content (AvgIpc) is 2.47. The van der Waals surface area contributed by atoms with E-state index in [9.17, 15) is 14.7 Å². The lowest BCUT2D eigenvalue weighted by Gasteiger charge is -2.03. The summed E-state index contributed by atoms with van der Waals surface area (Å²) >= 11 is 3.27. The minimum absolute atomic E-state index is 0.0358. The van der Waals surface area contributed by atoms with E-state index in [1.807, 2.05) is 0 Å². The van der Waals surface area contributed by atoms with Crippen molar-refractivity contribution in [2.45, 2.75) is 0 Å². The van der Waals surface area contributed by atoms with E-state index in [1.165, 1.54) is 12.1 Å². The molecule has 0 atom stereocenters. The number of allylic oxidation sites excluding steroid dienone is 1. The van der Waals surface area contributed by atoms with E-state index >= 15 is 0 Å². The molecule has 0 fully saturated rings. The third-order valence-corrected chi connectivity index (χ3v) is 3.36. The van der Waals surface area contributed by atoms with Gasteiger partial charge in [0.2, 0.25) is 0 Å². The van der Waals surface area contributed by atoms with Gasteiger partial charge in [0, 0.05) is 21.7 Å². The van der Waals surface area contributed by atoms with Crippen molar-refractivity contribution in [1.29, 1.82) is 0 Å². The average molecular weight is 347 g/mol. The van der Waals surface area contributed by atoms with Crippen LogP contribution in [0, 0.1) is 0 Å². The molecule has 4 nitrogen and oxygen atoms in total. The maximum absolute atomic E-state index is 12.1. The van der Waals surface area contributed by atoms with Crippen molar-refractivity contribution in [3.63, 3.8) is 0 Å². The minimum Gasteiger partial charge on any atom is -0.507 e. The number of aliphatic hydroxyl groups is 1. The molecule has 0 spiro atoms. The van der Waals surface area contributed by atoms with Gasteiger partial charge in [0.25, 0.3) is 0 Å². The largest absolute Gasteiger partial charge is 0.507 e. The molecule has 2 N–H and O–H groups in total. The first-order valence-corrected chi connectivity index (χ1v) is 6.81. The number of aromatic carboxylic acids is 1. The monoisotopic (exact) mass is 346 g/mol. The van der Waals surface area contributed by atoms with Gasteiger partial charge in [-0.1, -0.05) is 46.3 Å². The van der Waals surface area contributed by atoms with Crippen LogP contribution in [-0.2, 0) is 0 Å². The second-order valence-electron chi connectivity index (χ2n) is 4.25. The second-order valence-corrected chi connectivity index (χ2v) is 5.17. The fourth-order valence-electron chi connectivity index (χ4n) is 1.79. The van der Waals surface area contributed by atoms with Gasteiger partial charge >= 0.3 is 5.97 Å². The highest BCUT2D eigenvalue weighted by atomic mass is 79.9. The van der Waals surface area contributed by atoms with Crippen LogP contribution < -0.4 is 0 Å². The number of carbonyl (C=O) groups is 2. The first-order chi connectivity index (χ1) is 9.99. The van der Waals surface area contributed by atoms with Crippen LogP contribution in [0.3, 0.4) is 0 Å². The molecule has 0 heterocycles. The van der Waals surface area contributed by atoms with E-state index in [-0.39, 0.29) is 16.9 Å². The summed E-state index contributed by atoms with van der Waals surface area (Å²) < 4.78 is 0.849. The predicted molar refractivity (Wildman–Crippen MR) is 82.5 cm³/mol. The lowest BCUT2D eigenvalue weighted by atomic mass is 10.0. The Morgan fingerprint density at radius 1 is 0.905 bits per heavy atom. The van der Waals surface area contributed by atoms with Gasteiger partial charge in [-0.3, -0.25) is 4.79 Å². The first kappa shape index (κ1) is 15.0. The van der Waals surface area contributed by atoms with Crippen LogP contribution in [0.15, 0.2) is 59.1 Å². The van der Waals surface area contributed by atoms with E-state index in [0.29, 0.717) is 5.56 Å². The highest BCUT2D eigenvalue weighted by Gasteiger charge is 2.15. The Bertz CT molecular complexity index is 717. The number of rotatable bonds is 4. The van der Waals surface area contributed by atoms with Crippen molar-refractivity contribution in [3.8, 4) is 0 Å². The Balaban J connectivity index is 2.35. The smallest absolute Gasteiger partial charge is 0.336 e. The van der Waals surface area contributed by atoms with Gasteiger partial charge < -0.3 is 10.2 Å². The summed E-state index contributed by atoms with van der Waals surface area (Å²) in [5, 5.41) is 19.0. The first-order valence-electron chi connectivity index (χ1n) is 6.02. The number of benzene rings is 2. The van der Waals surface area contributed by atoms with Gasteiger partial charge in [-0.25, -0.2) is 4.79 Å². The Morgan fingerprint density at radius 2 is 1.48 bits per heavy atom. The molecule has 0 unspecified atom stereocenters. The fraction of sp³-hybridized carbons (Fsp3) is 0.